The van der Waals surface area contributed by atoms with Crippen molar-refractivity contribution in [1.82, 2.24) is 0 Å². The number of nitrogens with one attached hydrogen (secondary N) is 1. The van der Waals surface area contributed by atoms with Crippen LogP contribution in [0, 0.1) is 10.1 Å². The zero-order valence-electron chi connectivity index (χ0n) is 10.8. The number of unbranched alkanes of at least 4 members (excludes halogenated alkanes) is 1. The van der Waals surface area contributed by atoms with Crippen LogP contribution in [0.1, 0.15) is 19.3 Å². The lowest BCUT2D eigenvalue weighted by Crippen LogP contribution is -2.66. The SMILES string of the molecule is [NH3+]CCCC[C@H]([NH3+])C(=O)Nc1ccc([N+](=O)[O-])cc1. The van der Waals surface area contributed by atoms with Crippen LogP contribution >= 0.6 is 0 Å². The lowest BCUT2D eigenvalue weighted by Gasteiger charge is -2.09. The van der Waals surface area contributed by atoms with Gasteiger partial charge in [-0.1, -0.05) is 0 Å². The van der Waals surface area contributed by atoms with E-state index in [0.717, 1.165) is 19.4 Å². The zero-order valence-corrected chi connectivity index (χ0v) is 10.8. The average Bonchev–Trinajstić information content (AvgIpc) is 2.39. The Bertz CT molecular complexity index is 433. The van der Waals surface area contributed by atoms with Crippen molar-refractivity contribution in [3.63, 3.8) is 0 Å². The molecule has 0 bridgehead atoms. The monoisotopic (exact) mass is 268 g/mol. The summed E-state index contributed by atoms with van der Waals surface area (Å²) in [5.41, 5.74) is 8.10. The summed E-state index contributed by atoms with van der Waals surface area (Å²) in [4.78, 5) is 21.8. The largest absolute Gasteiger partial charge is 0.358 e. The molecular weight excluding hydrogens is 248 g/mol. The minimum absolute atomic E-state index is 0.000353. The van der Waals surface area contributed by atoms with Gasteiger partial charge in [-0.25, -0.2) is 0 Å². The number of anilines is 1. The van der Waals surface area contributed by atoms with E-state index >= 15 is 0 Å². The van der Waals surface area contributed by atoms with Gasteiger partial charge in [-0.15, -0.1) is 0 Å². The Morgan fingerprint density at radius 3 is 2.47 bits per heavy atom. The lowest BCUT2D eigenvalue weighted by atomic mass is 10.1. The fraction of sp³-hybridized carbons (Fsp3) is 0.417. The van der Waals surface area contributed by atoms with Crippen LogP contribution in [0.25, 0.3) is 0 Å². The fourth-order valence-corrected chi connectivity index (χ4v) is 1.61. The maximum atomic E-state index is 11.8. The van der Waals surface area contributed by atoms with Crippen molar-refractivity contribution in [3.05, 3.63) is 34.4 Å². The first-order valence-electron chi connectivity index (χ1n) is 6.22. The number of rotatable bonds is 7. The fourth-order valence-electron chi connectivity index (χ4n) is 1.61. The molecule has 7 heteroatoms. The van der Waals surface area contributed by atoms with E-state index in [1.165, 1.54) is 24.3 Å². The molecule has 0 aliphatic heterocycles. The van der Waals surface area contributed by atoms with Crippen LogP contribution in [0.3, 0.4) is 0 Å². The van der Waals surface area contributed by atoms with Gasteiger partial charge in [0.1, 0.15) is 0 Å². The van der Waals surface area contributed by atoms with Crippen LogP contribution in [0.15, 0.2) is 24.3 Å². The molecule has 0 radical (unpaired) electrons. The van der Waals surface area contributed by atoms with Crippen molar-refractivity contribution in [2.75, 3.05) is 11.9 Å². The zero-order chi connectivity index (χ0) is 14.3. The van der Waals surface area contributed by atoms with Gasteiger partial charge in [0.05, 0.1) is 11.5 Å². The molecule has 1 aromatic carbocycles. The molecule has 0 spiro atoms. The molecule has 0 unspecified atom stereocenters. The highest BCUT2D eigenvalue weighted by atomic mass is 16.6. The number of carbonyl (C=O) groups is 1. The van der Waals surface area contributed by atoms with Crippen molar-refractivity contribution >= 4 is 17.3 Å². The molecular formula is C12H20N4O3+2. The van der Waals surface area contributed by atoms with Crippen molar-refractivity contribution < 1.29 is 21.2 Å². The quantitative estimate of drug-likeness (QED) is 0.352. The number of nitro groups is 1. The minimum atomic E-state index is -0.478. The van der Waals surface area contributed by atoms with Crippen LogP contribution < -0.4 is 16.8 Å². The second-order valence-electron chi connectivity index (χ2n) is 4.34. The number of nitrogens with zero attached hydrogens (tertiary/aromatic N) is 1. The Morgan fingerprint density at radius 1 is 1.32 bits per heavy atom. The second-order valence-corrected chi connectivity index (χ2v) is 4.34. The van der Waals surface area contributed by atoms with Crippen LogP contribution in [0.5, 0.6) is 0 Å². The molecule has 0 aliphatic rings. The summed E-state index contributed by atoms with van der Waals surface area (Å²) in [5, 5.41) is 13.2. The Balaban J connectivity index is 2.49. The van der Waals surface area contributed by atoms with E-state index in [2.05, 4.69) is 16.8 Å². The van der Waals surface area contributed by atoms with Crippen molar-refractivity contribution in [1.29, 1.82) is 0 Å². The van der Waals surface area contributed by atoms with Crippen LogP contribution in [0.4, 0.5) is 11.4 Å². The number of non-ortho nitro benzene ring substituents is 1. The molecule has 0 heterocycles. The summed E-state index contributed by atoms with van der Waals surface area (Å²) < 4.78 is 0. The summed E-state index contributed by atoms with van der Waals surface area (Å²) >= 11 is 0. The smallest absolute Gasteiger partial charge is 0.282 e. The van der Waals surface area contributed by atoms with Gasteiger partial charge in [0.15, 0.2) is 6.04 Å². The first-order valence-corrected chi connectivity index (χ1v) is 6.22. The number of carbonyl (C=O) groups excluding carboxylic acids is 1. The van der Waals surface area contributed by atoms with E-state index in [-0.39, 0.29) is 17.6 Å². The number of benzene rings is 1. The number of quaternary nitrogens is 2. The van der Waals surface area contributed by atoms with Gasteiger partial charge in [0, 0.05) is 24.2 Å². The van der Waals surface area contributed by atoms with E-state index in [1.54, 1.807) is 0 Å². The van der Waals surface area contributed by atoms with E-state index in [9.17, 15) is 14.9 Å². The van der Waals surface area contributed by atoms with Gasteiger partial charge in [-0.3, -0.25) is 14.9 Å². The van der Waals surface area contributed by atoms with E-state index in [4.69, 9.17) is 0 Å². The van der Waals surface area contributed by atoms with Gasteiger partial charge < -0.3 is 16.8 Å². The summed E-state index contributed by atoms with van der Waals surface area (Å²) in [6.45, 7) is 0.858. The van der Waals surface area contributed by atoms with Crippen LogP contribution in [-0.2, 0) is 4.79 Å². The maximum Gasteiger partial charge on any atom is 0.282 e. The summed E-state index contributed by atoms with van der Waals surface area (Å²) in [6, 6.07) is 5.42. The third-order valence-corrected chi connectivity index (χ3v) is 2.77. The molecule has 7 nitrogen and oxygen atoms in total. The predicted molar refractivity (Wildman–Crippen MR) is 70.0 cm³/mol. The number of amides is 1. The average molecular weight is 268 g/mol. The van der Waals surface area contributed by atoms with Gasteiger partial charge >= 0.3 is 0 Å². The van der Waals surface area contributed by atoms with Gasteiger partial charge in [-0.05, 0) is 25.0 Å². The van der Waals surface area contributed by atoms with Crippen LogP contribution in [0.2, 0.25) is 0 Å². The third kappa shape index (κ3) is 5.02. The highest BCUT2D eigenvalue weighted by Crippen LogP contribution is 2.15. The van der Waals surface area contributed by atoms with Crippen molar-refractivity contribution in [2.45, 2.75) is 25.3 Å². The van der Waals surface area contributed by atoms with E-state index < -0.39 is 4.92 Å². The molecule has 0 aromatic heterocycles. The lowest BCUT2D eigenvalue weighted by molar-refractivity contribution is -0.405. The molecule has 7 N–H and O–H groups in total. The molecule has 1 aromatic rings. The summed E-state index contributed by atoms with van der Waals surface area (Å²) in [5.74, 6) is -0.169. The normalized spacial score (nSPS) is 11.9. The standard InChI is InChI=1S/C12H18N4O3/c13-8-2-1-3-11(14)12(17)15-9-4-6-10(7-5-9)16(18)19/h4-7,11H,1-3,8,13-14H2,(H,15,17)/p+2/t11-/m0/s1. The predicted octanol–water partition coefficient (Wildman–Crippen LogP) is -0.444. The summed E-state index contributed by atoms with van der Waals surface area (Å²) in [6.07, 6.45) is 2.62. The van der Waals surface area contributed by atoms with Gasteiger partial charge in [-0.2, -0.15) is 0 Å². The van der Waals surface area contributed by atoms with Crippen molar-refractivity contribution in [2.24, 2.45) is 0 Å². The molecule has 1 rings (SSSR count). The first-order chi connectivity index (χ1) is 9.04. The molecule has 1 atom stereocenters. The Kier molecular flexibility index (Phi) is 5.91. The van der Waals surface area contributed by atoms with Crippen molar-refractivity contribution in [3.8, 4) is 0 Å². The molecule has 0 saturated carbocycles. The Labute approximate surface area is 111 Å². The van der Waals surface area contributed by atoms with E-state index in [1.807, 2.05) is 0 Å². The highest BCUT2D eigenvalue weighted by molar-refractivity contribution is 5.93. The molecule has 0 saturated heterocycles. The topological polar surface area (TPSA) is 128 Å². The second kappa shape index (κ2) is 7.45. The Hall–Kier alpha value is -1.99. The first kappa shape index (κ1) is 15.1. The maximum absolute atomic E-state index is 11.8. The molecule has 1 amide bonds. The van der Waals surface area contributed by atoms with E-state index in [0.29, 0.717) is 12.1 Å². The van der Waals surface area contributed by atoms with Gasteiger partial charge in [0.25, 0.3) is 11.6 Å². The molecule has 104 valence electrons. The number of hydrogen-bond acceptors (Lipinski definition) is 3. The molecule has 0 fully saturated rings. The summed E-state index contributed by atoms with van der Waals surface area (Å²) in [7, 11) is 0. The third-order valence-electron chi connectivity index (χ3n) is 2.77. The van der Waals surface area contributed by atoms with Crippen LogP contribution in [-0.4, -0.2) is 23.4 Å². The number of hydrogen-bond donors (Lipinski definition) is 3. The highest BCUT2D eigenvalue weighted by Gasteiger charge is 2.17. The molecule has 0 aliphatic carbocycles. The minimum Gasteiger partial charge on any atom is -0.358 e. The van der Waals surface area contributed by atoms with Gasteiger partial charge in [0.2, 0.25) is 0 Å². The molecule has 19 heavy (non-hydrogen) atoms. The Morgan fingerprint density at radius 2 is 1.95 bits per heavy atom. The number of nitro benzene ring substituents is 1.